The van der Waals surface area contributed by atoms with Gasteiger partial charge in [0.2, 0.25) is 0 Å². The van der Waals surface area contributed by atoms with Crippen molar-refractivity contribution in [1.29, 1.82) is 0 Å². The summed E-state index contributed by atoms with van der Waals surface area (Å²) in [6.45, 7) is 4.13. The van der Waals surface area contributed by atoms with E-state index in [9.17, 15) is 9.18 Å². The molecule has 116 valence electrons. The number of nitrogens with one attached hydrogen (secondary N) is 1. The summed E-state index contributed by atoms with van der Waals surface area (Å²) in [4.78, 5) is 12.0. The standard InChI is InChI=1S/C18H20FNO2/c1-3-13(2)16-6-4-5-7-17(16)20-18(21)12-22-15-10-8-14(19)9-11-15/h4-11,13H,3,12H2,1-2H3,(H,20,21)/t13-/m1/s1. The number of carbonyl (C=O) groups excluding carboxylic acids is 1. The summed E-state index contributed by atoms with van der Waals surface area (Å²) >= 11 is 0. The lowest BCUT2D eigenvalue weighted by Gasteiger charge is -2.15. The Balaban J connectivity index is 1.96. The minimum Gasteiger partial charge on any atom is -0.484 e. The molecule has 2 rings (SSSR count). The highest BCUT2D eigenvalue weighted by Crippen LogP contribution is 2.26. The van der Waals surface area contributed by atoms with Crippen molar-refractivity contribution in [3.8, 4) is 5.75 Å². The van der Waals surface area contributed by atoms with Crippen molar-refractivity contribution in [3.63, 3.8) is 0 Å². The van der Waals surface area contributed by atoms with Crippen LogP contribution in [0.25, 0.3) is 0 Å². The van der Waals surface area contributed by atoms with Gasteiger partial charge in [-0.05, 0) is 48.2 Å². The first kappa shape index (κ1) is 16.0. The Labute approximate surface area is 130 Å². The summed E-state index contributed by atoms with van der Waals surface area (Å²) in [5.41, 5.74) is 1.92. The molecule has 0 spiro atoms. The van der Waals surface area contributed by atoms with E-state index in [4.69, 9.17) is 4.74 Å². The van der Waals surface area contributed by atoms with Gasteiger partial charge in [-0.2, -0.15) is 0 Å². The van der Waals surface area contributed by atoms with Gasteiger partial charge in [0, 0.05) is 5.69 Å². The number of hydrogen-bond donors (Lipinski definition) is 1. The van der Waals surface area contributed by atoms with E-state index in [1.807, 2.05) is 24.3 Å². The first-order valence-corrected chi connectivity index (χ1v) is 7.37. The Morgan fingerprint density at radius 2 is 1.86 bits per heavy atom. The van der Waals surface area contributed by atoms with E-state index < -0.39 is 0 Å². The second kappa shape index (κ2) is 7.59. The first-order valence-electron chi connectivity index (χ1n) is 7.37. The topological polar surface area (TPSA) is 38.3 Å². The van der Waals surface area contributed by atoms with Crippen molar-refractivity contribution in [2.75, 3.05) is 11.9 Å². The summed E-state index contributed by atoms with van der Waals surface area (Å²) < 4.78 is 18.1. The first-order chi connectivity index (χ1) is 10.6. The maximum atomic E-state index is 12.8. The Kier molecular flexibility index (Phi) is 5.53. The number of benzene rings is 2. The van der Waals surface area contributed by atoms with Gasteiger partial charge in [-0.25, -0.2) is 4.39 Å². The van der Waals surface area contributed by atoms with Crippen molar-refractivity contribution in [2.24, 2.45) is 0 Å². The molecule has 0 radical (unpaired) electrons. The van der Waals surface area contributed by atoms with Gasteiger partial charge < -0.3 is 10.1 Å². The van der Waals surface area contributed by atoms with Crippen LogP contribution in [0.4, 0.5) is 10.1 Å². The van der Waals surface area contributed by atoms with E-state index in [1.54, 1.807) is 0 Å². The third kappa shape index (κ3) is 4.32. The smallest absolute Gasteiger partial charge is 0.262 e. The third-order valence-corrected chi connectivity index (χ3v) is 3.56. The lowest BCUT2D eigenvalue weighted by molar-refractivity contribution is -0.118. The molecular formula is C18H20FNO2. The van der Waals surface area contributed by atoms with Crippen LogP contribution in [0.3, 0.4) is 0 Å². The summed E-state index contributed by atoms with van der Waals surface area (Å²) in [5, 5.41) is 2.87. The molecule has 0 saturated heterocycles. The molecule has 2 aromatic rings. The highest BCUT2D eigenvalue weighted by atomic mass is 19.1. The number of hydrogen-bond acceptors (Lipinski definition) is 2. The molecule has 4 heteroatoms. The Bertz CT molecular complexity index is 625. The Hall–Kier alpha value is -2.36. The molecule has 0 unspecified atom stereocenters. The highest BCUT2D eigenvalue weighted by Gasteiger charge is 2.11. The number of para-hydroxylation sites is 1. The molecule has 22 heavy (non-hydrogen) atoms. The van der Waals surface area contributed by atoms with Crippen LogP contribution in [0, 0.1) is 5.82 Å². The normalized spacial score (nSPS) is 11.8. The average molecular weight is 301 g/mol. The van der Waals surface area contributed by atoms with Crippen LogP contribution in [0.5, 0.6) is 5.75 Å². The second-order valence-corrected chi connectivity index (χ2v) is 5.19. The molecule has 0 aliphatic heterocycles. The van der Waals surface area contributed by atoms with E-state index in [0.29, 0.717) is 11.7 Å². The van der Waals surface area contributed by atoms with Crippen molar-refractivity contribution in [2.45, 2.75) is 26.2 Å². The summed E-state index contributed by atoms with van der Waals surface area (Å²) in [7, 11) is 0. The molecule has 0 aliphatic carbocycles. The van der Waals surface area contributed by atoms with Crippen molar-refractivity contribution >= 4 is 11.6 Å². The van der Waals surface area contributed by atoms with Gasteiger partial charge >= 0.3 is 0 Å². The van der Waals surface area contributed by atoms with Crippen molar-refractivity contribution in [3.05, 3.63) is 59.9 Å². The van der Waals surface area contributed by atoms with Crippen LogP contribution in [0.15, 0.2) is 48.5 Å². The van der Waals surface area contributed by atoms with Crippen LogP contribution in [0.1, 0.15) is 31.7 Å². The lowest BCUT2D eigenvalue weighted by atomic mass is 9.97. The van der Waals surface area contributed by atoms with E-state index in [1.165, 1.54) is 24.3 Å². The minimum atomic E-state index is -0.334. The van der Waals surface area contributed by atoms with Crippen LogP contribution in [0.2, 0.25) is 0 Å². The van der Waals surface area contributed by atoms with Gasteiger partial charge in [0.05, 0.1) is 0 Å². The average Bonchev–Trinajstić information content (AvgIpc) is 2.54. The Morgan fingerprint density at radius 1 is 1.18 bits per heavy atom. The molecule has 0 heterocycles. The van der Waals surface area contributed by atoms with Gasteiger partial charge in [0.15, 0.2) is 6.61 Å². The fraction of sp³-hybridized carbons (Fsp3) is 0.278. The monoisotopic (exact) mass is 301 g/mol. The zero-order valence-electron chi connectivity index (χ0n) is 12.8. The summed E-state index contributed by atoms with van der Waals surface area (Å²) in [5.74, 6) is 0.264. The third-order valence-electron chi connectivity index (χ3n) is 3.56. The SMILES string of the molecule is CC[C@@H](C)c1ccccc1NC(=O)COc1ccc(F)cc1. The van der Waals surface area contributed by atoms with E-state index in [-0.39, 0.29) is 18.3 Å². The second-order valence-electron chi connectivity index (χ2n) is 5.19. The van der Waals surface area contributed by atoms with E-state index in [0.717, 1.165) is 17.7 Å². The van der Waals surface area contributed by atoms with Crippen molar-refractivity contribution in [1.82, 2.24) is 0 Å². The number of anilines is 1. The maximum Gasteiger partial charge on any atom is 0.262 e. The molecule has 0 saturated carbocycles. The number of ether oxygens (including phenoxy) is 1. The maximum absolute atomic E-state index is 12.8. The van der Waals surface area contributed by atoms with Gasteiger partial charge in [-0.15, -0.1) is 0 Å². The molecule has 0 bridgehead atoms. The molecular weight excluding hydrogens is 281 g/mol. The van der Waals surface area contributed by atoms with Gasteiger partial charge in [0.1, 0.15) is 11.6 Å². The van der Waals surface area contributed by atoms with Crippen molar-refractivity contribution < 1.29 is 13.9 Å². The minimum absolute atomic E-state index is 0.111. The van der Waals surface area contributed by atoms with Gasteiger partial charge in [-0.1, -0.05) is 32.0 Å². The zero-order valence-corrected chi connectivity index (χ0v) is 12.8. The van der Waals surface area contributed by atoms with Crippen LogP contribution >= 0.6 is 0 Å². The summed E-state index contributed by atoms with van der Waals surface area (Å²) in [6.07, 6.45) is 0.999. The van der Waals surface area contributed by atoms with Crippen LogP contribution in [-0.4, -0.2) is 12.5 Å². The number of halogens is 1. The molecule has 0 fully saturated rings. The number of rotatable bonds is 6. The molecule has 1 N–H and O–H groups in total. The predicted molar refractivity (Wildman–Crippen MR) is 85.7 cm³/mol. The van der Waals surface area contributed by atoms with Gasteiger partial charge in [0.25, 0.3) is 5.91 Å². The number of amides is 1. The van der Waals surface area contributed by atoms with E-state index in [2.05, 4.69) is 19.2 Å². The molecule has 0 aromatic heterocycles. The fourth-order valence-corrected chi connectivity index (χ4v) is 2.13. The summed E-state index contributed by atoms with van der Waals surface area (Å²) in [6, 6.07) is 13.3. The largest absolute Gasteiger partial charge is 0.484 e. The number of carbonyl (C=O) groups is 1. The molecule has 1 amide bonds. The molecule has 3 nitrogen and oxygen atoms in total. The quantitative estimate of drug-likeness (QED) is 0.861. The fourth-order valence-electron chi connectivity index (χ4n) is 2.13. The molecule has 2 aromatic carbocycles. The van der Waals surface area contributed by atoms with Crippen LogP contribution in [-0.2, 0) is 4.79 Å². The molecule has 0 aliphatic rings. The zero-order chi connectivity index (χ0) is 15.9. The highest BCUT2D eigenvalue weighted by molar-refractivity contribution is 5.92. The lowest BCUT2D eigenvalue weighted by Crippen LogP contribution is -2.21. The van der Waals surface area contributed by atoms with Gasteiger partial charge in [-0.3, -0.25) is 4.79 Å². The molecule has 1 atom stereocenters. The predicted octanol–water partition coefficient (Wildman–Crippen LogP) is 4.36. The Morgan fingerprint density at radius 3 is 2.55 bits per heavy atom. The van der Waals surface area contributed by atoms with Crippen LogP contribution < -0.4 is 10.1 Å². The van der Waals surface area contributed by atoms with E-state index >= 15 is 0 Å².